The van der Waals surface area contributed by atoms with Crippen molar-refractivity contribution >= 4 is 17.4 Å². The van der Waals surface area contributed by atoms with Gasteiger partial charge in [0.05, 0.1) is 12.6 Å². The number of aryl methyl sites for hydroxylation is 1. The predicted octanol–water partition coefficient (Wildman–Crippen LogP) is 2.30. The van der Waals surface area contributed by atoms with Gasteiger partial charge in [0, 0.05) is 13.1 Å². The van der Waals surface area contributed by atoms with Crippen LogP contribution in [0.3, 0.4) is 0 Å². The van der Waals surface area contributed by atoms with E-state index in [-0.39, 0.29) is 12.0 Å². The van der Waals surface area contributed by atoms with E-state index in [0.29, 0.717) is 11.5 Å². The summed E-state index contributed by atoms with van der Waals surface area (Å²) in [6.07, 6.45) is 2.19. The van der Waals surface area contributed by atoms with Crippen molar-refractivity contribution < 1.29 is 18.0 Å². The highest BCUT2D eigenvalue weighted by Gasteiger charge is 2.17. The van der Waals surface area contributed by atoms with Gasteiger partial charge in [0.2, 0.25) is 5.91 Å². The number of nitrogens with one attached hydrogen (secondary N) is 2. The third-order valence-corrected chi connectivity index (χ3v) is 3.36. The number of rotatable bonds is 3. The summed E-state index contributed by atoms with van der Waals surface area (Å²) in [6.45, 7) is 1.54. The van der Waals surface area contributed by atoms with Crippen LogP contribution >= 0.6 is 0 Å². The number of benzene rings is 1. The molecule has 1 aromatic heterocycles. The van der Waals surface area contributed by atoms with Gasteiger partial charge in [-0.1, -0.05) is 0 Å². The van der Waals surface area contributed by atoms with E-state index in [1.165, 1.54) is 6.20 Å². The Morgan fingerprint density at radius 1 is 1.32 bits per heavy atom. The summed E-state index contributed by atoms with van der Waals surface area (Å²) < 4.78 is 40.9. The maximum Gasteiger partial charge on any atom is 0.228 e. The van der Waals surface area contributed by atoms with E-state index in [2.05, 4.69) is 15.7 Å². The van der Waals surface area contributed by atoms with Crippen molar-refractivity contribution in [1.29, 1.82) is 0 Å². The Labute approximate surface area is 124 Å². The van der Waals surface area contributed by atoms with Crippen molar-refractivity contribution in [2.24, 2.45) is 0 Å². The van der Waals surface area contributed by atoms with Crippen LogP contribution in [-0.4, -0.2) is 22.2 Å². The van der Waals surface area contributed by atoms with Crippen molar-refractivity contribution in [3.05, 3.63) is 41.3 Å². The van der Waals surface area contributed by atoms with E-state index in [0.717, 1.165) is 31.6 Å². The Morgan fingerprint density at radius 3 is 2.77 bits per heavy atom. The number of anilines is 2. The predicted molar refractivity (Wildman–Crippen MR) is 74.0 cm³/mol. The molecule has 0 unspecified atom stereocenters. The molecule has 3 rings (SSSR count). The number of halogens is 3. The summed E-state index contributed by atoms with van der Waals surface area (Å²) in [6, 6.07) is 1.62. The van der Waals surface area contributed by atoms with E-state index in [9.17, 15) is 18.0 Å². The lowest BCUT2D eigenvalue weighted by molar-refractivity contribution is -0.115. The minimum Gasteiger partial charge on any atom is -0.368 e. The van der Waals surface area contributed by atoms with E-state index < -0.39 is 23.4 Å². The average molecular weight is 310 g/mol. The molecule has 8 heteroatoms. The van der Waals surface area contributed by atoms with Crippen LogP contribution in [0, 0.1) is 17.5 Å². The fourth-order valence-electron chi connectivity index (χ4n) is 2.36. The number of carbonyl (C=O) groups is 1. The lowest BCUT2D eigenvalue weighted by Crippen LogP contribution is -2.20. The first-order chi connectivity index (χ1) is 10.5. The molecule has 1 aliphatic rings. The molecule has 116 valence electrons. The van der Waals surface area contributed by atoms with Gasteiger partial charge in [-0.05, 0) is 24.1 Å². The second-order valence-electron chi connectivity index (χ2n) is 5.01. The maximum absolute atomic E-state index is 13.1. The monoisotopic (exact) mass is 310 g/mol. The summed E-state index contributed by atoms with van der Waals surface area (Å²) >= 11 is 0. The third kappa shape index (κ3) is 2.76. The van der Waals surface area contributed by atoms with Gasteiger partial charge in [-0.2, -0.15) is 5.10 Å². The molecular weight excluding hydrogens is 297 g/mol. The van der Waals surface area contributed by atoms with Gasteiger partial charge in [-0.15, -0.1) is 0 Å². The molecule has 0 atom stereocenters. The second-order valence-corrected chi connectivity index (χ2v) is 5.01. The maximum atomic E-state index is 13.1. The normalized spacial score (nSPS) is 13.4. The van der Waals surface area contributed by atoms with Gasteiger partial charge in [-0.3, -0.25) is 4.79 Å². The number of hydrogen-bond donors (Lipinski definition) is 2. The van der Waals surface area contributed by atoms with Crippen LogP contribution in [0.5, 0.6) is 0 Å². The van der Waals surface area contributed by atoms with Gasteiger partial charge in [0.25, 0.3) is 0 Å². The van der Waals surface area contributed by atoms with E-state index >= 15 is 0 Å². The number of aromatic nitrogens is 2. The topological polar surface area (TPSA) is 59.0 Å². The van der Waals surface area contributed by atoms with Crippen LogP contribution in [0.1, 0.15) is 12.0 Å². The highest BCUT2D eigenvalue weighted by atomic mass is 19.2. The van der Waals surface area contributed by atoms with Crippen molar-refractivity contribution in [3.8, 4) is 0 Å². The largest absolute Gasteiger partial charge is 0.368 e. The van der Waals surface area contributed by atoms with Gasteiger partial charge >= 0.3 is 0 Å². The molecule has 0 saturated heterocycles. The Morgan fingerprint density at radius 2 is 2.05 bits per heavy atom. The Bertz CT molecular complexity index is 706. The number of nitrogens with zero attached hydrogens (tertiary/aromatic N) is 2. The number of hydrogen-bond acceptors (Lipinski definition) is 3. The standard InChI is InChI=1S/C14H13F3N4O/c15-9-4-8(5-10(16)13(9)17)6-12(22)20-11-7-19-21-3-1-2-18-14(11)21/h4-5,7,18H,1-3,6H2,(H,20,22). The minimum absolute atomic E-state index is 0.0582. The number of fused-ring (bicyclic) bond motifs is 1. The number of amides is 1. The summed E-state index contributed by atoms with van der Waals surface area (Å²) in [5, 5.41) is 9.88. The molecule has 0 fully saturated rings. The van der Waals surface area contributed by atoms with E-state index in [4.69, 9.17) is 0 Å². The lowest BCUT2D eigenvalue weighted by atomic mass is 10.1. The zero-order valence-electron chi connectivity index (χ0n) is 11.5. The van der Waals surface area contributed by atoms with Crippen LogP contribution < -0.4 is 10.6 Å². The molecular formula is C14H13F3N4O. The van der Waals surface area contributed by atoms with Gasteiger partial charge in [-0.25, -0.2) is 17.9 Å². The van der Waals surface area contributed by atoms with Crippen LogP contribution in [0.15, 0.2) is 18.3 Å². The smallest absolute Gasteiger partial charge is 0.228 e. The van der Waals surface area contributed by atoms with Crippen molar-refractivity contribution in [1.82, 2.24) is 9.78 Å². The first-order valence-corrected chi connectivity index (χ1v) is 6.77. The molecule has 2 aromatic rings. The first-order valence-electron chi connectivity index (χ1n) is 6.77. The molecule has 0 bridgehead atoms. The highest BCUT2D eigenvalue weighted by molar-refractivity contribution is 5.94. The zero-order valence-corrected chi connectivity index (χ0v) is 11.5. The molecule has 1 aromatic carbocycles. The average Bonchev–Trinajstić information content (AvgIpc) is 2.88. The van der Waals surface area contributed by atoms with Gasteiger partial charge in [0.15, 0.2) is 17.5 Å². The zero-order chi connectivity index (χ0) is 15.7. The minimum atomic E-state index is -1.54. The van der Waals surface area contributed by atoms with Crippen LogP contribution in [0.2, 0.25) is 0 Å². The molecule has 2 N–H and O–H groups in total. The van der Waals surface area contributed by atoms with Crippen molar-refractivity contribution in [2.75, 3.05) is 17.2 Å². The second kappa shape index (κ2) is 5.70. The molecule has 0 radical (unpaired) electrons. The summed E-state index contributed by atoms with van der Waals surface area (Å²) in [7, 11) is 0. The molecule has 0 spiro atoms. The van der Waals surface area contributed by atoms with Gasteiger partial charge < -0.3 is 10.6 Å². The fraction of sp³-hybridized carbons (Fsp3) is 0.286. The van der Waals surface area contributed by atoms with Crippen LogP contribution in [-0.2, 0) is 17.8 Å². The summed E-state index contributed by atoms with van der Waals surface area (Å²) in [5.74, 6) is -3.93. The first kappa shape index (κ1) is 14.4. The number of carbonyl (C=O) groups excluding carboxylic acids is 1. The molecule has 1 aliphatic heterocycles. The summed E-state index contributed by atoms with van der Waals surface area (Å²) in [4.78, 5) is 12.0. The molecule has 1 amide bonds. The molecule has 5 nitrogen and oxygen atoms in total. The van der Waals surface area contributed by atoms with Crippen LogP contribution in [0.25, 0.3) is 0 Å². The van der Waals surface area contributed by atoms with Gasteiger partial charge in [0.1, 0.15) is 11.5 Å². The SMILES string of the molecule is O=C(Cc1cc(F)c(F)c(F)c1)Nc1cnn2c1NCCC2. The molecule has 2 heterocycles. The molecule has 0 saturated carbocycles. The molecule has 0 aliphatic carbocycles. The van der Waals surface area contributed by atoms with Crippen molar-refractivity contribution in [3.63, 3.8) is 0 Å². The fourth-order valence-corrected chi connectivity index (χ4v) is 2.36. The summed E-state index contributed by atoms with van der Waals surface area (Å²) in [5.41, 5.74) is 0.565. The van der Waals surface area contributed by atoms with Crippen molar-refractivity contribution in [2.45, 2.75) is 19.4 Å². The van der Waals surface area contributed by atoms with Crippen LogP contribution in [0.4, 0.5) is 24.7 Å². The Balaban J connectivity index is 1.72. The third-order valence-electron chi connectivity index (χ3n) is 3.36. The lowest BCUT2D eigenvalue weighted by Gasteiger charge is -2.17. The van der Waals surface area contributed by atoms with E-state index in [1.807, 2.05) is 0 Å². The Kier molecular flexibility index (Phi) is 3.74. The molecule has 22 heavy (non-hydrogen) atoms. The Hall–Kier alpha value is -2.51. The quantitative estimate of drug-likeness (QED) is 0.855. The van der Waals surface area contributed by atoms with E-state index in [1.54, 1.807) is 4.68 Å². The highest BCUT2D eigenvalue weighted by Crippen LogP contribution is 2.24.